The Morgan fingerprint density at radius 3 is 2.73 bits per heavy atom. The highest BCUT2D eigenvalue weighted by molar-refractivity contribution is 4.82. The highest BCUT2D eigenvalue weighted by Crippen LogP contribution is 2.01. The molecule has 86 valence electrons. The van der Waals surface area contributed by atoms with E-state index in [1.807, 2.05) is 6.92 Å². The van der Waals surface area contributed by atoms with E-state index in [0.29, 0.717) is 37.4 Å². The Balaban J connectivity index is 2.29. The van der Waals surface area contributed by atoms with Crippen LogP contribution in [0.4, 0.5) is 0 Å². The van der Waals surface area contributed by atoms with Crippen molar-refractivity contribution in [2.75, 3.05) is 13.2 Å². The smallest absolute Gasteiger partial charge is 0.230 e. The molecule has 0 aliphatic carbocycles. The molecule has 1 rings (SSSR count). The Hall–Kier alpha value is -0.940. The molecule has 0 aromatic carbocycles. The Labute approximate surface area is 90.2 Å². The van der Waals surface area contributed by atoms with Crippen LogP contribution in [0.15, 0.2) is 4.42 Å². The average molecular weight is 213 g/mol. The van der Waals surface area contributed by atoms with Crippen LogP contribution in [0.25, 0.3) is 0 Å². The van der Waals surface area contributed by atoms with Crippen LogP contribution in [0.5, 0.6) is 0 Å². The summed E-state index contributed by atoms with van der Waals surface area (Å²) in [5, 5.41) is 11.1. The maximum atomic E-state index is 5.42. The molecule has 0 saturated carbocycles. The zero-order valence-corrected chi connectivity index (χ0v) is 9.62. The molecule has 1 N–H and O–H groups in total. The third-order valence-electron chi connectivity index (χ3n) is 1.83. The lowest BCUT2D eigenvalue weighted by Gasteiger charge is -2.03. The van der Waals surface area contributed by atoms with Gasteiger partial charge in [-0.15, -0.1) is 10.2 Å². The van der Waals surface area contributed by atoms with Crippen LogP contribution in [0.2, 0.25) is 0 Å². The predicted molar refractivity (Wildman–Crippen MR) is 56.5 cm³/mol. The molecule has 0 saturated heterocycles. The van der Waals surface area contributed by atoms with E-state index in [0.717, 1.165) is 6.61 Å². The minimum atomic E-state index is 0.420. The van der Waals surface area contributed by atoms with Gasteiger partial charge in [0.15, 0.2) is 0 Å². The molecule has 5 nitrogen and oxygen atoms in total. The molecule has 0 aliphatic rings. The van der Waals surface area contributed by atoms with Crippen LogP contribution in [0.3, 0.4) is 0 Å². The fourth-order valence-corrected chi connectivity index (χ4v) is 1.06. The summed E-state index contributed by atoms with van der Waals surface area (Å²) in [6.45, 7) is 8.09. The normalized spacial score (nSPS) is 11.2. The SMILES string of the molecule is CCOCCc1nnc(CNC(C)C)o1. The van der Waals surface area contributed by atoms with Crippen LogP contribution >= 0.6 is 0 Å². The number of aromatic nitrogens is 2. The second-order valence-electron chi connectivity index (χ2n) is 3.57. The van der Waals surface area contributed by atoms with E-state index < -0.39 is 0 Å². The lowest BCUT2D eigenvalue weighted by molar-refractivity contribution is 0.145. The monoisotopic (exact) mass is 213 g/mol. The minimum absolute atomic E-state index is 0.420. The van der Waals surface area contributed by atoms with E-state index in [2.05, 4.69) is 29.4 Å². The van der Waals surface area contributed by atoms with Crippen molar-refractivity contribution in [1.29, 1.82) is 0 Å². The van der Waals surface area contributed by atoms with Gasteiger partial charge >= 0.3 is 0 Å². The Kier molecular flexibility index (Phi) is 5.28. The highest BCUT2D eigenvalue weighted by Gasteiger charge is 2.05. The maximum absolute atomic E-state index is 5.42. The number of nitrogens with zero attached hydrogens (tertiary/aromatic N) is 2. The van der Waals surface area contributed by atoms with Crippen molar-refractivity contribution < 1.29 is 9.15 Å². The molecule has 1 heterocycles. The summed E-state index contributed by atoms with van der Waals surface area (Å²) < 4.78 is 10.6. The van der Waals surface area contributed by atoms with Crippen molar-refractivity contribution in [1.82, 2.24) is 15.5 Å². The van der Waals surface area contributed by atoms with Gasteiger partial charge in [0.25, 0.3) is 0 Å². The summed E-state index contributed by atoms with van der Waals surface area (Å²) in [7, 11) is 0. The highest BCUT2D eigenvalue weighted by atomic mass is 16.5. The van der Waals surface area contributed by atoms with Crippen LogP contribution in [0, 0.1) is 0 Å². The minimum Gasteiger partial charge on any atom is -0.424 e. The Morgan fingerprint density at radius 1 is 1.33 bits per heavy atom. The van der Waals surface area contributed by atoms with Gasteiger partial charge in [-0.1, -0.05) is 13.8 Å². The quantitative estimate of drug-likeness (QED) is 0.688. The van der Waals surface area contributed by atoms with Gasteiger partial charge in [-0.05, 0) is 6.92 Å². The molecule has 5 heteroatoms. The molecule has 0 spiro atoms. The number of rotatable bonds is 7. The topological polar surface area (TPSA) is 60.2 Å². The summed E-state index contributed by atoms with van der Waals surface area (Å²) in [6, 6.07) is 0.420. The second-order valence-corrected chi connectivity index (χ2v) is 3.57. The molecule has 0 aliphatic heterocycles. The van der Waals surface area contributed by atoms with Crippen molar-refractivity contribution in [2.24, 2.45) is 0 Å². The van der Waals surface area contributed by atoms with E-state index in [4.69, 9.17) is 9.15 Å². The molecule has 0 fully saturated rings. The predicted octanol–water partition coefficient (Wildman–Crippen LogP) is 1.15. The number of ether oxygens (including phenoxy) is 1. The first-order chi connectivity index (χ1) is 7.22. The molecular formula is C10H19N3O2. The van der Waals surface area contributed by atoms with Gasteiger partial charge in [-0.3, -0.25) is 0 Å². The molecule has 0 amide bonds. The van der Waals surface area contributed by atoms with E-state index in [-0.39, 0.29) is 0 Å². The first kappa shape index (κ1) is 12.1. The lowest BCUT2D eigenvalue weighted by atomic mass is 10.4. The van der Waals surface area contributed by atoms with Crippen molar-refractivity contribution >= 4 is 0 Å². The summed E-state index contributed by atoms with van der Waals surface area (Å²) in [5.41, 5.74) is 0. The lowest BCUT2D eigenvalue weighted by Crippen LogP contribution is -2.21. The fourth-order valence-electron chi connectivity index (χ4n) is 1.06. The van der Waals surface area contributed by atoms with Crippen molar-refractivity contribution in [3.63, 3.8) is 0 Å². The van der Waals surface area contributed by atoms with E-state index in [9.17, 15) is 0 Å². The molecule has 0 bridgehead atoms. The molecule has 1 aromatic rings. The van der Waals surface area contributed by atoms with Gasteiger partial charge in [0.05, 0.1) is 13.2 Å². The molecule has 1 aromatic heterocycles. The number of hydrogen-bond donors (Lipinski definition) is 1. The standard InChI is InChI=1S/C10H19N3O2/c1-4-14-6-5-9-12-13-10(15-9)7-11-8(2)3/h8,11H,4-7H2,1-3H3. The number of nitrogens with one attached hydrogen (secondary N) is 1. The summed E-state index contributed by atoms with van der Waals surface area (Å²) in [6.07, 6.45) is 0.683. The van der Waals surface area contributed by atoms with Crippen LogP contribution in [-0.2, 0) is 17.7 Å². The van der Waals surface area contributed by atoms with Crippen LogP contribution < -0.4 is 5.32 Å². The van der Waals surface area contributed by atoms with Gasteiger partial charge in [0.2, 0.25) is 11.8 Å². The molecular weight excluding hydrogens is 194 g/mol. The van der Waals surface area contributed by atoms with Crippen molar-refractivity contribution in [2.45, 2.75) is 39.8 Å². The summed E-state index contributed by atoms with van der Waals surface area (Å²) in [5.74, 6) is 1.28. The van der Waals surface area contributed by atoms with Crippen LogP contribution in [0.1, 0.15) is 32.6 Å². The number of hydrogen-bond acceptors (Lipinski definition) is 5. The summed E-state index contributed by atoms with van der Waals surface area (Å²) >= 11 is 0. The fraction of sp³-hybridized carbons (Fsp3) is 0.800. The molecule has 0 unspecified atom stereocenters. The van der Waals surface area contributed by atoms with E-state index in [1.165, 1.54) is 0 Å². The Morgan fingerprint density at radius 2 is 2.07 bits per heavy atom. The first-order valence-electron chi connectivity index (χ1n) is 5.34. The molecule has 15 heavy (non-hydrogen) atoms. The average Bonchev–Trinajstić information content (AvgIpc) is 2.63. The largest absolute Gasteiger partial charge is 0.424 e. The van der Waals surface area contributed by atoms with Gasteiger partial charge in [-0.2, -0.15) is 0 Å². The van der Waals surface area contributed by atoms with E-state index >= 15 is 0 Å². The van der Waals surface area contributed by atoms with Crippen molar-refractivity contribution in [3.8, 4) is 0 Å². The summed E-state index contributed by atoms with van der Waals surface area (Å²) in [4.78, 5) is 0. The van der Waals surface area contributed by atoms with Crippen LogP contribution in [-0.4, -0.2) is 29.5 Å². The Bertz CT molecular complexity index is 273. The van der Waals surface area contributed by atoms with Gasteiger partial charge in [0, 0.05) is 19.1 Å². The van der Waals surface area contributed by atoms with Gasteiger partial charge < -0.3 is 14.5 Å². The zero-order valence-electron chi connectivity index (χ0n) is 9.62. The van der Waals surface area contributed by atoms with E-state index in [1.54, 1.807) is 0 Å². The molecule has 0 atom stereocenters. The third-order valence-corrected chi connectivity index (χ3v) is 1.83. The zero-order chi connectivity index (χ0) is 11.1. The maximum Gasteiger partial charge on any atom is 0.230 e. The molecule has 0 radical (unpaired) electrons. The second kappa shape index (κ2) is 6.53. The first-order valence-corrected chi connectivity index (χ1v) is 5.34. The van der Waals surface area contributed by atoms with Gasteiger partial charge in [-0.25, -0.2) is 0 Å². The third kappa shape index (κ3) is 4.90. The van der Waals surface area contributed by atoms with Crippen molar-refractivity contribution in [3.05, 3.63) is 11.8 Å². The van der Waals surface area contributed by atoms with Gasteiger partial charge in [0.1, 0.15) is 0 Å².